The molecule has 14 heavy (non-hydrogen) atoms. The Morgan fingerprint density at radius 3 is 2.36 bits per heavy atom. The van der Waals surface area contributed by atoms with E-state index in [0.29, 0.717) is 0 Å². The van der Waals surface area contributed by atoms with Gasteiger partial charge < -0.3 is 9.47 Å². The van der Waals surface area contributed by atoms with Gasteiger partial charge in [0.15, 0.2) is 0 Å². The van der Waals surface area contributed by atoms with Crippen LogP contribution in [0.4, 0.5) is 0 Å². The number of carbonyl (C=O) groups is 3. The first kappa shape index (κ1) is 7.73. The monoisotopic (exact) mass is 194 g/mol. The summed E-state index contributed by atoms with van der Waals surface area (Å²) in [6, 6.07) is 0. The third kappa shape index (κ3) is 0.724. The highest BCUT2D eigenvalue weighted by Crippen LogP contribution is 2.43. The molecule has 0 aromatic rings. The molecule has 0 aromatic heterocycles. The van der Waals surface area contributed by atoms with Crippen LogP contribution in [0.3, 0.4) is 0 Å². The standard InChI is InChI=1S/C9H6O5/c10-7-3-1-2-4(13-7)6-5(3)8(11)14-9(6)12/h1-6H/t3-,4+,5-,6+/m1/s1. The van der Waals surface area contributed by atoms with Gasteiger partial charge in [-0.05, 0) is 6.08 Å². The summed E-state index contributed by atoms with van der Waals surface area (Å²) < 4.78 is 9.43. The van der Waals surface area contributed by atoms with E-state index in [1.165, 1.54) is 0 Å². The van der Waals surface area contributed by atoms with Gasteiger partial charge in [-0.25, -0.2) is 0 Å². The van der Waals surface area contributed by atoms with Gasteiger partial charge >= 0.3 is 17.9 Å². The highest BCUT2D eigenvalue weighted by molar-refractivity contribution is 6.01. The van der Waals surface area contributed by atoms with E-state index >= 15 is 0 Å². The molecule has 72 valence electrons. The first-order valence-corrected chi connectivity index (χ1v) is 4.33. The molecule has 1 aliphatic carbocycles. The van der Waals surface area contributed by atoms with Gasteiger partial charge in [0.1, 0.15) is 12.0 Å². The maximum absolute atomic E-state index is 11.3. The topological polar surface area (TPSA) is 69.7 Å². The number of carbonyl (C=O) groups excluding carboxylic acids is 3. The second-order valence-electron chi connectivity index (χ2n) is 3.60. The minimum atomic E-state index is -0.654. The predicted octanol–water partition coefficient (Wildman–Crippen LogP) is -0.586. The van der Waals surface area contributed by atoms with Crippen LogP contribution < -0.4 is 0 Å². The molecular weight excluding hydrogens is 188 g/mol. The number of hydrogen-bond acceptors (Lipinski definition) is 5. The zero-order chi connectivity index (χ0) is 9.87. The van der Waals surface area contributed by atoms with Crippen molar-refractivity contribution in [3.63, 3.8) is 0 Å². The molecule has 5 nitrogen and oxygen atoms in total. The smallest absolute Gasteiger partial charge is 0.321 e. The molecule has 4 atom stereocenters. The van der Waals surface area contributed by atoms with Crippen molar-refractivity contribution in [1.82, 2.24) is 0 Å². The minimum absolute atomic E-state index is 0.439. The molecule has 0 radical (unpaired) electrons. The van der Waals surface area contributed by atoms with Crippen LogP contribution >= 0.6 is 0 Å². The van der Waals surface area contributed by atoms with Crippen LogP contribution in [0.2, 0.25) is 0 Å². The largest absolute Gasteiger partial charge is 0.457 e. The van der Waals surface area contributed by atoms with E-state index in [1.807, 2.05) is 0 Å². The molecule has 2 bridgehead atoms. The molecule has 0 saturated carbocycles. The normalized spacial score (nSPS) is 43.6. The van der Waals surface area contributed by atoms with Gasteiger partial charge in [0.25, 0.3) is 0 Å². The first-order chi connectivity index (χ1) is 6.68. The van der Waals surface area contributed by atoms with E-state index in [1.54, 1.807) is 12.2 Å². The summed E-state index contributed by atoms with van der Waals surface area (Å²) in [4.78, 5) is 33.8. The number of rotatable bonds is 0. The zero-order valence-electron chi connectivity index (χ0n) is 7.01. The molecule has 4 aliphatic rings. The third-order valence-electron chi connectivity index (χ3n) is 2.91. The molecule has 2 fully saturated rings. The molecule has 0 unspecified atom stereocenters. The van der Waals surface area contributed by atoms with E-state index in [0.717, 1.165) is 0 Å². The molecule has 5 heteroatoms. The van der Waals surface area contributed by atoms with Crippen LogP contribution in [0.1, 0.15) is 0 Å². The Labute approximate surface area is 78.7 Å². The van der Waals surface area contributed by atoms with Crippen molar-refractivity contribution >= 4 is 17.9 Å². The minimum Gasteiger partial charge on any atom is -0.457 e. The Kier molecular flexibility index (Phi) is 1.23. The van der Waals surface area contributed by atoms with E-state index in [4.69, 9.17) is 4.74 Å². The van der Waals surface area contributed by atoms with Crippen LogP contribution in [-0.4, -0.2) is 24.0 Å². The fourth-order valence-corrected chi connectivity index (χ4v) is 2.26. The predicted molar refractivity (Wildman–Crippen MR) is 40.6 cm³/mol. The second-order valence-corrected chi connectivity index (χ2v) is 3.60. The lowest BCUT2D eigenvalue weighted by atomic mass is 9.73. The van der Waals surface area contributed by atoms with E-state index in [9.17, 15) is 14.4 Å². The first-order valence-electron chi connectivity index (χ1n) is 4.33. The number of fused-ring (bicyclic) bond motifs is 1. The average Bonchev–Trinajstić information content (AvgIpc) is 2.45. The summed E-state index contributed by atoms with van der Waals surface area (Å²) in [7, 11) is 0. The lowest BCUT2D eigenvalue weighted by molar-refractivity contribution is -0.168. The van der Waals surface area contributed by atoms with E-state index in [2.05, 4.69) is 4.74 Å². The van der Waals surface area contributed by atoms with Crippen molar-refractivity contribution in [1.29, 1.82) is 0 Å². The van der Waals surface area contributed by atoms with Crippen molar-refractivity contribution < 1.29 is 23.9 Å². The summed E-state index contributed by atoms with van der Waals surface area (Å²) in [5, 5.41) is 0. The number of esters is 3. The van der Waals surface area contributed by atoms with Gasteiger partial charge in [0.05, 0.1) is 11.8 Å². The molecule has 3 heterocycles. The van der Waals surface area contributed by atoms with Crippen molar-refractivity contribution in [3.8, 4) is 0 Å². The summed E-state index contributed by atoms with van der Waals surface area (Å²) >= 11 is 0. The van der Waals surface area contributed by atoms with Gasteiger partial charge in [-0.15, -0.1) is 0 Å². The van der Waals surface area contributed by atoms with E-state index < -0.39 is 41.8 Å². The second kappa shape index (κ2) is 2.23. The van der Waals surface area contributed by atoms with Crippen molar-refractivity contribution in [2.45, 2.75) is 6.10 Å². The lowest BCUT2D eigenvalue weighted by Crippen LogP contribution is -2.48. The van der Waals surface area contributed by atoms with Gasteiger partial charge in [-0.1, -0.05) is 6.08 Å². The number of cyclic esters (lactones) is 2. The molecule has 3 aliphatic heterocycles. The van der Waals surface area contributed by atoms with Gasteiger partial charge in [0.2, 0.25) is 0 Å². The molecule has 0 N–H and O–H groups in total. The van der Waals surface area contributed by atoms with Crippen molar-refractivity contribution in [2.24, 2.45) is 17.8 Å². The molecule has 0 aromatic carbocycles. The maximum Gasteiger partial charge on any atom is 0.321 e. The Hall–Kier alpha value is -1.65. The number of hydrogen-bond donors (Lipinski definition) is 0. The summed E-state index contributed by atoms with van der Waals surface area (Å²) in [6.45, 7) is 0. The van der Waals surface area contributed by atoms with Crippen LogP contribution in [0.25, 0.3) is 0 Å². The highest BCUT2D eigenvalue weighted by Gasteiger charge is 2.59. The van der Waals surface area contributed by atoms with Crippen LogP contribution in [0.15, 0.2) is 12.2 Å². The zero-order valence-corrected chi connectivity index (χ0v) is 7.01. The maximum atomic E-state index is 11.3. The quantitative estimate of drug-likeness (QED) is 0.293. The van der Waals surface area contributed by atoms with Gasteiger partial charge in [0, 0.05) is 0 Å². The SMILES string of the molecule is O=C1OC(=O)[C@H]2[C@@H]1[C@@H]1C=C[C@H]2C(=O)O1. The van der Waals surface area contributed by atoms with E-state index in [-0.39, 0.29) is 0 Å². The molecule has 0 spiro atoms. The molecule has 0 amide bonds. The van der Waals surface area contributed by atoms with Crippen LogP contribution in [0.5, 0.6) is 0 Å². The third-order valence-corrected chi connectivity index (χ3v) is 2.91. The van der Waals surface area contributed by atoms with Crippen LogP contribution in [0, 0.1) is 17.8 Å². The Morgan fingerprint density at radius 1 is 0.929 bits per heavy atom. The van der Waals surface area contributed by atoms with Crippen molar-refractivity contribution in [2.75, 3.05) is 0 Å². The Morgan fingerprint density at radius 2 is 1.64 bits per heavy atom. The highest BCUT2D eigenvalue weighted by atomic mass is 16.6. The lowest BCUT2D eigenvalue weighted by Gasteiger charge is -2.35. The Bertz CT molecular complexity index is 383. The fourth-order valence-electron chi connectivity index (χ4n) is 2.26. The molecular formula is C9H6O5. The number of ether oxygens (including phenoxy) is 2. The van der Waals surface area contributed by atoms with Gasteiger partial charge in [-0.2, -0.15) is 0 Å². The molecule has 4 rings (SSSR count). The van der Waals surface area contributed by atoms with Crippen molar-refractivity contribution in [3.05, 3.63) is 12.2 Å². The fraction of sp³-hybridized carbons (Fsp3) is 0.444. The average molecular weight is 194 g/mol. The Balaban J connectivity index is 2.10. The molecule has 2 saturated heterocycles. The van der Waals surface area contributed by atoms with Crippen LogP contribution in [-0.2, 0) is 23.9 Å². The van der Waals surface area contributed by atoms with Gasteiger partial charge in [-0.3, -0.25) is 14.4 Å². The summed E-state index contributed by atoms with van der Waals surface area (Å²) in [5.41, 5.74) is 0. The summed E-state index contributed by atoms with van der Waals surface area (Å²) in [5.74, 6) is -3.52. The summed E-state index contributed by atoms with van der Waals surface area (Å²) in [6.07, 6.45) is 2.65.